The molecular formula is C18H17ClN2O3. The van der Waals surface area contributed by atoms with Crippen LogP contribution in [0.15, 0.2) is 42.5 Å². The second-order valence-electron chi connectivity index (χ2n) is 5.02. The summed E-state index contributed by atoms with van der Waals surface area (Å²) in [7, 11) is 3.00. The Morgan fingerprint density at radius 1 is 1.25 bits per heavy atom. The Labute approximate surface area is 145 Å². The fourth-order valence-corrected chi connectivity index (χ4v) is 2.58. The summed E-state index contributed by atoms with van der Waals surface area (Å²) >= 11 is 5.92. The monoisotopic (exact) mass is 344 g/mol. The number of methoxy groups -OCH3 is 2. The van der Waals surface area contributed by atoms with Crippen LogP contribution in [0, 0.1) is 11.3 Å². The molecule has 0 aromatic heterocycles. The van der Waals surface area contributed by atoms with E-state index in [1.165, 1.54) is 14.2 Å². The van der Waals surface area contributed by atoms with Gasteiger partial charge >= 0.3 is 0 Å². The van der Waals surface area contributed by atoms with Gasteiger partial charge in [-0.1, -0.05) is 35.9 Å². The number of halogens is 1. The summed E-state index contributed by atoms with van der Waals surface area (Å²) in [6.07, 6.45) is 0.130. The minimum Gasteiger partial charge on any atom is -0.493 e. The normalized spacial score (nSPS) is 11.2. The number of benzene rings is 2. The van der Waals surface area contributed by atoms with Crippen molar-refractivity contribution in [3.8, 4) is 17.6 Å². The van der Waals surface area contributed by atoms with Crippen LogP contribution in [-0.2, 0) is 11.2 Å². The smallest absolute Gasteiger partial charge is 0.225 e. The molecule has 0 bridgehead atoms. The topological polar surface area (TPSA) is 71.3 Å². The number of nitriles is 1. The van der Waals surface area contributed by atoms with E-state index in [9.17, 15) is 10.1 Å². The highest BCUT2D eigenvalue weighted by Crippen LogP contribution is 2.34. The van der Waals surface area contributed by atoms with Crippen molar-refractivity contribution in [2.75, 3.05) is 14.2 Å². The van der Waals surface area contributed by atoms with Gasteiger partial charge in [-0.3, -0.25) is 4.79 Å². The molecule has 0 spiro atoms. The average molecular weight is 345 g/mol. The number of rotatable bonds is 6. The van der Waals surface area contributed by atoms with Gasteiger partial charge < -0.3 is 14.8 Å². The lowest BCUT2D eigenvalue weighted by Crippen LogP contribution is -2.29. The molecule has 0 aliphatic heterocycles. The average Bonchev–Trinajstić information content (AvgIpc) is 2.58. The second-order valence-corrected chi connectivity index (χ2v) is 5.46. The van der Waals surface area contributed by atoms with Gasteiger partial charge in [-0.2, -0.15) is 5.26 Å². The molecule has 0 aliphatic carbocycles. The van der Waals surface area contributed by atoms with Gasteiger partial charge in [-0.05, 0) is 23.8 Å². The number of carbonyl (C=O) groups excluding carboxylic acids is 1. The highest BCUT2D eigenvalue weighted by molar-refractivity contribution is 6.30. The van der Waals surface area contributed by atoms with Crippen molar-refractivity contribution in [2.45, 2.75) is 12.5 Å². The van der Waals surface area contributed by atoms with Crippen molar-refractivity contribution in [1.82, 2.24) is 5.32 Å². The number of hydrogen-bond acceptors (Lipinski definition) is 4. The van der Waals surface area contributed by atoms with Crippen LogP contribution in [0.3, 0.4) is 0 Å². The van der Waals surface area contributed by atoms with E-state index >= 15 is 0 Å². The van der Waals surface area contributed by atoms with E-state index in [4.69, 9.17) is 21.1 Å². The van der Waals surface area contributed by atoms with Crippen LogP contribution in [-0.4, -0.2) is 20.1 Å². The molecule has 1 amide bonds. The number of amides is 1. The lowest BCUT2D eigenvalue weighted by Gasteiger charge is -2.17. The van der Waals surface area contributed by atoms with Gasteiger partial charge in [0.1, 0.15) is 6.04 Å². The number of nitrogens with one attached hydrogen (secondary N) is 1. The molecule has 124 valence electrons. The third kappa shape index (κ3) is 4.18. The molecule has 0 saturated heterocycles. The maximum atomic E-state index is 12.2. The first-order chi connectivity index (χ1) is 11.6. The Bertz CT molecular complexity index is 771. The molecule has 0 radical (unpaired) electrons. The second kappa shape index (κ2) is 8.23. The quantitative estimate of drug-likeness (QED) is 0.873. The van der Waals surface area contributed by atoms with Crippen molar-refractivity contribution in [1.29, 1.82) is 5.26 Å². The molecule has 0 saturated carbocycles. The van der Waals surface area contributed by atoms with Crippen LogP contribution in [0.2, 0.25) is 5.02 Å². The van der Waals surface area contributed by atoms with E-state index in [1.807, 2.05) is 0 Å². The van der Waals surface area contributed by atoms with Crippen LogP contribution >= 0.6 is 11.6 Å². The number of carbonyl (C=O) groups is 1. The maximum absolute atomic E-state index is 12.2. The van der Waals surface area contributed by atoms with Gasteiger partial charge in [0.15, 0.2) is 11.5 Å². The Morgan fingerprint density at radius 3 is 2.62 bits per heavy atom. The molecule has 2 aromatic rings. The molecule has 0 unspecified atom stereocenters. The first-order valence-electron chi connectivity index (χ1n) is 7.23. The van der Waals surface area contributed by atoms with E-state index < -0.39 is 6.04 Å². The Balaban J connectivity index is 2.18. The predicted molar refractivity (Wildman–Crippen MR) is 91.2 cm³/mol. The number of nitrogens with zero attached hydrogens (tertiary/aromatic N) is 1. The van der Waals surface area contributed by atoms with Crippen LogP contribution in [0.25, 0.3) is 0 Å². The molecule has 2 aromatic carbocycles. The number of para-hydroxylation sites is 1. The van der Waals surface area contributed by atoms with Crippen molar-refractivity contribution < 1.29 is 14.3 Å². The SMILES string of the molecule is COc1cccc([C@H](C#N)NC(=O)Cc2cccc(Cl)c2)c1OC. The van der Waals surface area contributed by atoms with Gasteiger partial charge in [0.2, 0.25) is 5.91 Å². The molecule has 24 heavy (non-hydrogen) atoms. The summed E-state index contributed by atoms with van der Waals surface area (Å²) in [6.45, 7) is 0. The zero-order valence-corrected chi connectivity index (χ0v) is 14.1. The third-order valence-corrected chi connectivity index (χ3v) is 3.67. The summed E-state index contributed by atoms with van der Waals surface area (Å²) in [4.78, 5) is 12.2. The molecular weight excluding hydrogens is 328 g/mol. The van der Waals surface area contributed by atoms with Crippen molar-refractivity contribution in [2.24, 2.45) is 0 Å². The van der Waals surface area contributed by atoms with E-state index in [0.29, 0.717) is 22.1 Å². The van der Waals surface area contributed by atoms with Crippen LogP contribution < -0.4 is 14.8 Å². The summed E-state index contributed by atoms with van der Waals surface area (Å²) in [5.74, 6) is 0.641. The van der Waals surface area contributed by atoms with Crippen LogP contribution in [0.1, 0.15) is 17.2 Å². The molecule has 0 fully saturated rings. The third-order valence-electron chi connectivity index (χ3n) is 3.43. The van der Waals surface area contributed by atoms with Crippen molar-refractivity contribution in [3.05, 3.63) is 58.6 Å². The van der Waals surface area contributed by atoms with E-state index in [1.54, 1.807) is 42.5 Å². The predicted octanol–water partition coefficient (Wildman–Crippen LogP) is 3.28. The fourth-order valence-electron chi connectivity index (χ4n) is 2.36. The molecule has 1 atom stereocenters. The Morgan fingerprint density at radius 2 is 2.00 bits per heavy atom. The van der Waals surface area contributed by atoms with Crippen molar-refractivity contribution in [3.63, 3.8) is 0 Å². The summed E-state index contributed by atoms with van der Waals surface area (Å²) < 4.78 is 10.5. The fraction of sp³-hybridized carbons (Fsp3) is 0.222. The summed E-state index contributed by atoms with van der Waals surface area (Å²) in [6, 6.07) is 13.5. The van der Waals surface area contributed by atoms with Gasteiger partial charge in [0.05, 0.1) is 26.7 Å². The zero-order valence-electron chi connectivity index (χ0n) is 13.4. The van der Waals surface area contributed by atoms with Gasteiger partial charge in [-0.15, -0.1) is 0 Å². The zero-order chi connectivity index (χ0) is 17.5. The van der Waals surface area contributed by atoms with Gasteiger partial charge in [0.25, 0.3) is 0 Å². The van der Waals surface area contributed by atoms with Gasteiger partial charge in [-0.25, -0.2) is 0 Å². The summed E-state index contributed by atoms with van der Waals surface area (Å²) in [5.41, 5.74) is 1.31. The molecule has 0 heterocycles. The van der Waals surface area contributed by atoms with Crippen LogP contribution in [0.5, 0.6) is 11.5 Å². The molecule has 5 nitrogen and oxygen atoms in total. The standard InChI is InChI=1S/C18H17ClN2O3/c1-23-16-8-4-7-14(18(16)24-2)15(11-20)21-17(22)10-12-5-3-6-13(19)9-12/h3-9,15H,10H2,1-2H3,(H,21,22)/t15-/m0/s1. The molecule has 2 rings (SSSR count). The van der Waals surface area contributed by atoms with E-state index in [0.717, 1.165) is 5.56 Å². The lowest BCUT2D eigenvalue weighted by molar-refractivity contribution is -0.120. The lowest BCUT2D eigenvalue weighted by atomic mass is 10.1. The Hall–Kier alpha value is -2.71. The summed E-state index contributed by atoms with van der Waals surface area (Å²) in [5, 5.41) is 12.7. The minimum atomic E-state index is -0.846. The van der Waals surface area contributed by atoms with Gasteiger partial charge in [0, 0.05) is 10.6 Å². The van der Waals surface area contributed by atoms with E-state index in [-0.39, 0.29) is 12.3 Å². The number of ether oxygens (including phenoxy) is 2. The maximum Gasteiger partial charge on any atom is 0.225 e. The van der Waals surface area contributed by atoms with Crippen molar-refractivity contribution >= 4 is 17.5 Å². The molecule has 0 aliphatic rings. The first-order valence-corrected chi connectivity index (χ1v) is 7.61. The highest BCUT2D eigenvalue weighted by Gasteiger charge is 2.20. The minimum absolute atomic E-state index is 0.130. The number of hydrogen-bond donors (Lipinski definition) is 1. The first kappa shape index (κ1) is 17.6. The molecule has 1 N–H and O–H groups in total. The highest BCUT2D eigenvalue weighted by atomic mass is 35.5. The van der Waals surface area contributed by atoms with Crippen LogP contribution in [0.4, 0.5) is 0 Å². The Kier molecular flexibility index (Phi) is 6.05. The van der Waals surface area contributed by atoms with E-state index in [2.05, 4.69) is 11.4 Å². The largest absolute Gasteiger partial charge is 0.493 e. The molecule has 6 heteroatoms.